The second kappa shape index (κ2) is 6.18. The second-order valence-corrected chi connectivity index (χ2v) is 5.61. The molecule has 3 rings (SSSR count). The van der Waals surface area contributed by atoms with Gasteiger partial charge < -0.3 is 5.32 Å². The average Bonchev–Trinajstić information content (AvgIpc) is 2.95. The van der Waals surface area contributed by atoms with Crippen LogP contribution in [-0.2, 0) is 0 Å². The number of hydrogen-bond acceptors (Lipinski definition) is 3. The highest BCUT2D eigenvalue weighted by Crippen LogP contribution is 2.27. The van der Waals surface area contributed by atoms with E-state index in [-0.39, 0.29) is 0 Å². The first-order valence-corrected chi connectivity index (χ1v) is 7.86. The molecule has 4 nitrogen and oxygen atoms in total. The first-order valence-electron chi connectivity index (χ1n) is 7.86. The largest absolute Gasteiger partial charge is 0.370 e. The van der Waals surface area contributed by atoms with Crippen LogP contribution >= 0.6 is 0 Å². The molecule has 0 radical (unpaired) electrons. The van der Waals surface area contributed by atoms with E-state index < -0.39 is 0 Å². The number of hydrogen-bond donors (Lipinski definition) is 1. The van der Waals surface area contributed by atoms with Gasteiger partial charge in [0.15, 0.2) is 5.65 Å². The van der Waals surface area contributed by atoms with Crippen LogP contribution in [0.25, 0.3) is 16.8 Å². The Morgan fingerprint density at radius 1 is 1.14 bits per heavy atom. The van der Waals surface area contributed by atoms with Gasteiger partial charge in [-0.2, -0.15) is 9.61 Å². The molecule has 0 amide bonds. The Morgan fingerprint density at radius 2 is 1.91 bits per heavy atom. The van der Waals surface area contributed by atoms with Crippen LogP contribution < -0.4 is 5.32 Å². The van der Waals surface area contributed by atoms with Crippen LogP contribution in [0.15, 0.2) is 36.5 Å². The van der Waals surface area contributed by atoms with E-state index in [1.54, 1.807) is 0 Å². The molecule has 0 atom stereocenters. The first kappa shape index (κ1) is 14.6. The van der Waals surface area contributed by atoms with Gasteiger partial charge in [-0.15, -0.1) is 0 Å². The van der Waals surface area contributed by atoms with Crippen molar-refractivity contribution in [2.45, 2.75) is 33.6 Å². The predicted octanol–water partition coefficient (Wildman–Crippen LogP) is 4.23. The molecule has 1 N–H and O–H groups in total. The van der Waals surface area contributed by atoms with Gasteiger partial charge in [0.1, 0.15) is 5.82 Å². The van der Waals surface area contributed by atoms with E-state index in [1.165, 1.54) is 6.42 Å². The second-order valence-electron chi connectivity index (χ2n) is 5.61. The lowest BCUT2D eigenvalue weighted by molar-refractivity contribution is 0.816. The molecule has 4 heteroatoms. The quantitative estimate of drug-likeness (QED) is 0.716. The van der Waals surface area contributed by atoms with Crippen molar-refractivity contribution >= 4 is 11.5 Å². The van der Waals surface area contributed by atoms with Gasteiger partial charge in [-0.05, 0) is 25.8 Å². The topological polar surface area (TPSA) is 42.2 Å². The molecule has 0 saturated carbocycles. The molecule has 0 aliphatic rings. The monoisotopic (exact) mass is 294 g/mol. The number of benzene rings is 1. The number of nitrogens with zero attached hydrogens (tertiary/aromatic N) is 3. The van der Waals surface area contributed by atoms with Crippen molar-refractivity contribution in [3.63, 3.8) is 0 Å². The van der Waals surface area contributed by atoms with Crippen LogP contribution in [0.4, 0.5) is 5.82 Å². The number of aromatic nitrogens is 3. The normalized spacial score (nSPS) is 11.0. The van der Waals surface area contributed by atoms with E-state index in [0.29, 0.717) is 0 Å². The predicted molar refractivity (Wildman–Crippen MR) is 91.3 cm³/mol. The molecule has 0 bridgehead atoms. The van der Waals surface area contributed by atoms with Gasteiger partial charge in [-0.3, -0.25) is 0 Å². The highest BCUT2D eigenvalue weighted by molar-refractivity contribution is 5.78. The number of nitrogens with one attached hydrogen (secondary N) is 1. The number of unbranched alkanes of at least 4 members (excludes halogenated alkanes) is 1. The zero-order valence-electron chi connectivity index (χ0n) is 13.4. The molecular formula is C18H22N4. The fourth-order valence-electron chi connectivity index (χ4n) is 2.60. The molecular weight excluding hydrogens is 272 g/mol. The smallest absolute Gasteiger partial charge is 0.165 e. The summed E-state index contributed by atoms with van der Waals surface area (Å²) >= 11 is 0. The molecule has 1 aromatic carbocycles. The van der Waals surface area contributed by atoms with Crippen molar-refractivity contribution in [3.05, 3.63) is 47.8 Å². The fourth-order valence-corrected chi connectivity index (χ4v) is 2.60. The van der Waals surface area contributed by atoms with E-state index in [1.807, 2.05) is 28.9 Å². The molecule has 22 heavy (non-hydrogen) atoms. The zero-order valence-corrected chi connectivity index (χ0v) is 13.4. The molecule has 0 aliphatic heterocycles. The van der Waals surface area contributed by atoms with E-state index in [2.05, 4.69) is 43.3 Å². The molecule has 2 aromatic heterocycles. The summed E-state index contributed by atoms with van der Waals surface area (Å²) in [4.78, 5) is 4.76. The van der Waals surface area contributed by atoms with Crippen LogP contribution in [0.3, 0.4) is 0 Å². The van der Waals surface area contributed by atoms with E-state index in [0.717, 1.165) is 46.8 Å². The molecule has 0 saturated heterocycles. The van der Waals surface area contributed by atoms with E-state index >= 15 is 0 Å². The summed E-state index contributed by atoms with van der Waals surface area (Å²) in [5.74, 6) is 1.05. The molecule has 0 fully saturated rings. The Kier molecular flexibility index (Phi) is 4.09. The summed E-state index contributed by atoms with van der Waals surface area (Å²) in [6, 6.07) is 10.3. The maximum absolute atomic E-state index is 4.76. The number of rotatable bonds is 5. The van der Waals surface area contributed by atoms with Crippen molar-refractivity contribution in [3.8, 4) is 11.1 Å². The molecule has 114 valence electrons. The molecule has 0 spiro atoms. The fraction of sp³-hybridized carbons (Fsp3) is 0.333. The summed E-state index contributed by atoms with van der Waals surface area (Å²) in [7, 11) is 0. The van der Waals surface area contributed by atoms with Crippen LogP contribution in [0, 0.1) is 13.8 Å². The molecule has 2 heterocycles. The van der Waals surface area contributed by atoms with Gasteiger partial charge in [-0.25, -0.2) is 4.98 Å². The SMILES string of the molecule is CCCCNc1c(C)c(C)nc2c(-c3ccccc3)cnn12. The van der Waals surface area contributed by atoms with Crippen molar-refractivity contribution in [2.75, 3.05) is 11.9 Å². The Labute approximate surface area is 131 Å². The average molecular weight is 294 g/mol. The van der Waals surface area contributed by atoms with Gasteiger partial charge in [0.25, 0.3) is 0 Å². The maximum atomic E-state index is 4.76. The Hall–Kier alpha value is -2.36. The summed E-state index contributed by atoms with van der Waals surface area (Å²) in [5, 5.41) is 8.09. The van der Waals surface area contributed by atoms with Gasteiger partial charge >= 0.3 is 0 Å². The van der Waals surface area contributed by atoms with Gasteiger partial charge in [0.05, 0.1) is 6.20 Å². The van der Waals surface area contributed by atoms with Gasteiger partial charge in [-0.1, -0.05) is 43.7 Å². The van der Waals surface area contributed by atoms with Gasteiger partial charge in [0.2, 0.25) is 0 Å². The Bertz CT molecular complexity index is 775. The summed E-state index contributed by atoms with van der Waals surface area (Å²) in [6.45, 7) is 7.31. The number of fused-ring (bicyclic) bond motifs is 1. The van der Waals surface area contributed by atoms with Crippen molar-refractivity contribution < 1.29 is 0 Å². The minimum Gasteiger partial charge on any atom is -0.370 e. The summed E-state index contributed by atoms with van der Waals surface area (Å²) in [6.07, 6.45) is 4.23. The van der Waals surface area contributed by atoms with Crippen molar-refractivity contribution in [1.29, 1.82) is 0 Å². The lowest BCUT2D eigenvalue weighted by Gasteiger charge is -2.13. The number of anilines is 1. The Morgan fingerprint density at radius 3 is 2.64 bits per heavy atom. The third kappa shape index (κ3) is 2.56. The summed E-state index contributed by atoms with van der Waals surface area (Å²) < 4.78 is 1.93. The van der Waals surface area contributed by atoms with Crippen LogP contribution in [0.2, 0.25) is 0 Å². The van der Waals surface area contributed by atoms with Crippen LogP contribution in [-0.4, -0.2) is 21.1 Å². The number of aryl methyl sites for hydroxylation is 1. The maximum Gasteiger partial charge on any atom is 0.165 e. The van der Waals surface area contributed by atoms with E-state index in [9.17, 15) is 0 Å². The van der Waals surface area contributed by atoms with Crippen molar-refractivity contribution in [2.24, 2.45) is 0 Å². The van der Waals surface area contributed by atoms with Gasteiger partial charge in [0, 0.05) is 23.4 Å². The van der Waals surface area contributed by atoms with Crippen LogP contribution in [0.1, 0.15) is 31.0 Å². The Balaban J connectivity index is 2.12. The summed E-state index contributed by atoms with van der Waals surface area (Å²) in [5.41, 5.74) is 5.33. The molecule has 0 unspecified atom stereocenters. The zero-order chi connectivity index (χ0) is 15.5. The van der Waals surface area contributed by atoms with Crippen LogP contribution in [0.5, 0.6) is 0 Å². The molecule has 0 aliphatic carbocycles. The molecule has 3 aromatic rings. The third-order valence-corrected chi connectivity index (χ3v) is 4.03. The standard InChI is InChI=1S/C18H22N4/c1-4-5-11-19-17-13(2)14(3)21-18-16(12-20-22(17)18)15-9-7-6-8-10-15/h6-10,12,19H,4-5,11H2,1-3H3. The first-order chi connectivity index (χ1) is 10.7. The highest BCUT2D eigenvalue weighted by atomic mass is 15.3. The van der Waals surface area contributed by atoms with Crippen molar-refractivity contribution in [1.82, 2.24) is 14.6 Å². The highest BCUT2D eigenvalue weighted by Gasteiger charge is 2.14. The minimum absolute atomic E-state index is 0.910. The lowest BCUT2D eigenvalue weighted by atomic mass is 10.1. The lowest BCUT2D eigenvalue weighted by Crippen LogP contribution is -2.10. The van der Waals surface area contributed by atoms with E-state index in [4.69, 9.17) is 4.98 Å². The minimum atomic E-state index is 0.910. The third-order valence-electron chi connectivity index (χ3n) is 4.03.